The molecule has 1 aromatic heterocycles. The van der Waals surface area contributed by atoms with Crippen LogP contribution in [0.1, 0.15) is 43.7 Å². The van der Waals surface area contributed by atoms with E-state index in [4.69, 9.17) is 0 Å². The average Bonchev–Trinajstić information content (AvgIpc) is 2.84. The van der Waals surface area contributed by atoms with Crippen LogP contribution in [0.4, 0.5) is 8.78 Å². The van der Waals surface area contributed by atoms with Gasteiger partial charge in [-0.25, -0.2) is 8.78 Å². The Hall–Kier alpha value is -3.59. The topological polar surface area (TPSA) is 57.0 Å². The minimum absolute atomic E-state index is 0.130. The van der Waals surface area contributed by atoms with Crippen LogP contribution in [0, 0.1) is 28.4 Å². The average molecular weight is 448 g/mol. The number of halogens is 2. The van der Waals surface area contributed by atoms with Gasteiger partial charge in [-0.1, -0.05) is 31.7 Å². The highest BCUT2D eigenvalue weighted by Gasteiger charge is 2.42. The summed E-state index contributed by atoms with van der Waals surface area (Å²) in [5, 5.41) is 10.0. The Morgan fingerprint density at radius 3 is 2.48 bits per heavy atom. The summed E-state index contributed by atoms with van der Waals surface area (Å²) in [4.78, 5) is 19.2. The quantitative estimate of drug-likeness (QED) is 0.415. The lowest BCUT2D eigenvalue weighted by molar-refractivity contribution is -0.128. The SMILES string of the molecule is C=C/C=C\C(C(=O)N1CCC(C#N)([C@@H](C)c2ccc(F)cc2F)CC1)=C(/C)c1ccncc1. The number of nitriles is 1. The van der Waals surface area contributed by atoms with Crippen LogP contribution in [-0.4, -0.2) is 28.9 Å². The summed E-state index contributed by atoms with van der Waals surface area (Å²) in [5.41, 5.74) is 1.74. The van der Waals surface area contributed by atoms with Gasteiger partial charge in [0.1, 0.15) is 11.6 Å². The van der Waals surface area contributed by atoms with Crippen molar-refractivity contribution in [1.82, 2.24) is 9.88 Å². The maximum atomic E-state index is 14.4. The van der Waals surface area contributed by atoms with Crippen molar-refractivity contribution in [2.75, 3.05) is 13.1 Å². The van der Waals surface area contributed by atoms with Gasteiger partial charge in [-0.05, 0) is 60.7 Å². The number of amides is 1. The second-order valence-electron chi connectivity index (χ2n) is 8.32. The fraction of sp³-hybridized carbons (Fsp3) is 0.296. The van der Waals surface area contributed by atoms with Crippen LogP contribution in [0.5, 0.6) is 0 Å². The number of likely N-dealkylation sites (tertiary alicyclic amines) is 1. The largest absolute Gasteiger partial charge is 0.339 e. The van der Waals surface area contributed by atoms with E-state index in [1.54, 1.807) is 42.4 Å². The maximum Gasteiger partial charge on any atom is 0.254 e. The van der Waals surface area contributed by atoms with E-state index in [0.29, 0.717) is 37.1 Å². The Morgan fingerprint density at radius 1 is 1.24 bits per heavy atom. The number of hydrogen-bond acceptors (Lipinski definition) is 3. The van der Waals surface area contributed by atoms with Crippen LogP contribution in [0.15, 0.2) is 73.1 Å². The first-order chi connectivity index (χ1) is 15.8. The molecule has 4 nitrogen and oxygen atoms in total. The maximum absolute atomic E-state index is 14.4. The highest BCUT2D eigenvalue weighted by atomic mass is 19.1. The Labute approximate surface area is 193 Å². The van der Waals surface area contributed by atoms with Crippen LogP contribution in [0.2, 0.25) is 0 Å². The zero-order valence-electron chi connectivity index (χ0n) is 18.9. The van der Waals surface area contributed by atoms with Crippen LogP contribution >= 0.6 is 0 Å². The summed E-state index contributed by atoms with van der Waals surface area (Å²) in [6, 6.07) is 9.55. The molecule has 0 aliphatic carbocycles. The Bertz CT molecular complexity index is 1120. The van der Waals surface area contributed by atoms with Gasteiger partial charge >= 0.3 is 0 Å². The lowest BCUT2D eigenvalue weighted by Crippen LogP contribution is -2.45. The van der Waals surface area contributed by atoms with Crippen molar-refractivity contribution in [3.63, 3.8) is 0 Å². The first-order valence-electron chi connectivity index (χ1n) is 10.9. The molecule has 3 rings (SSSR count). The highest BCUT2D eigenvalue weighted by molar-refractivity contribution is 6.03. The third-order valence-electron chi connectivity index (χ3n) is 6.57. The first-order valence-corrected chi connectivity index (χ1v) is 10.9. The molecule has 0 radical (unpaired) electrons. The third-order valence-corrected chi connectivity index (χ3v) is 6.57. The summed E-state index contributed by atoms with van der Waals surface area (Å²) in [7, 11) is 0. The standard InChI is InChI=1S/C27H27F2N3O/c1-4-5-6-23(19(2)21-9-13-31-14-10-21)26(33)32-15-11-27(18-30,12-16-32)20(3)24-8-7-22(28)17-25(24)29/h4-10,13-14,17,20H,1,11-12,15-16H2,2-3H3/b6-5-,23-19-/t20-/m0/s1. The predicted molar refractivity (Wildman–Crippen MR) is 125 cm³/mol. The summed E-state index contributed by atoms with van der Waals surface area (Å²) in [6.07, 6.45) is 9.24. The fourth-order valence-electron chi connectivity index (χ4n) is 4.35. The van der Waals surface area contributed by atoms with Crippen molar-refractivity contribution in [2.24, 2.45) is 5.41 Å². The normalized spacial score (nSPS) is 17.2. The van der Waals surface area contributed by atoms with Gasteiger partial charge in [0.2, 0.25) is 0 Å². The monoisotopic (exact) mass is 447 g/mol. The number of rotatable bonds is 6. The number of nitrogens with zero attached hydrogens (tertiary/aromatic N) is 3. The van der Waals surface area contributed by atoms with E-state index >= 15 is 0 Å². The molecule has 1 aromatic carbocycles. The van der Waals surface area contributed by atoms with Gasteiger partial charge in [-0.2, -0.15) is 5.26 Å². The molecule has 1 fully saturated rings. The molecule has 0 N–H and O–H groups in total. The number of pyridine rings is 1. The van der Waals surface area contributed by atoms with Crippen molar-refractivity contribution in [3.8, 4) is 6.07 Å². The summed E-state index contributed by atoms with van der Waals surface area (Å²) < 4.78 is 27.8. The molecule has 1 saturated heterocycles. The number of aromatic nitrogens is 1. The summed E-state index contributed by atoms with van der Waals surface area (Å²) in [5.74, 6) is -1.86. The van der Waals surface area contributed by atoms with E-state index in [9.17, 15) is 18.8 Å². The van der Waals surface area contributed by atoms with E-state index in [1.807, 2.05) is 19.1 Å². The number of hydrogen-bond donors (Lipinski definition) is 0. The van der Waals surface area contributed by atoms with Gasteiger partial charge in [0.25, 0.3) is 5.91 Å². The minimum Gasteiger partial charge on any atom is -0.339 e. The molecule has 33 heavy (non-hydrogen) atoms. The molecule has 1 atom stereocenters. The molecule has 1 aliphatic heterocycles. The van der Waals surface area contributed by atoms with Crippen molar-refractivity contribution in [3.05, 3.63) is 95.9 Å². The number of piperidine rings is 1. The molecule has 1 amide bonds. The van der Waals surface area contributed by atoms with Gasteiger partial charge < -0.3 is 4.90 Å². The van der Waals surface area contributed by atoms with Gasteiger partial charge in [-0.3, -0.25) is 9.78 Å². The molecule has 0 unspecified atom stereocenters. The van der Waals surface area contributed by atoms with Crippen LogP contribution in [-0.2, 0) is 4.79 Å². The molecular weight excluding hydrogens is 420 g/mol. The second-order valence-corrected chi connectivity index (χ2v) is 8.32. The van der Waals surface area contributed by atoms with E-state index in [0.717, 1.165) is 17.2 Å². The van der Waals surface area contributed by atoms with Crippen LogP contribution < -0.4 is 0 Å². The highest BCUT2D eigenvalue weighted by Crippen LogP contribution is 2.45. The van der Waals surface area contributed by atoms with Crippen molar-refractivity contribution >= 4 is 11.5 Å². The molecule has 1 aliphatic rings. The summed E-state index contributed by atoms with van der Waals surface area (Å²) in [6.45, 7) is 8.11. The van der Waals surface area contributed by atoms with E-state index in [-0.39, 0.29) is 5.91 Å². The molecule has 2 heterocycles. The Kier molecular flexibility index (Phi) is 7.55. The molecule has 6 heteroatoms. The van der Waals surface area contributed by atoms with Crippen LogP contribution in [0.25, 0.3) is 5.57 Å². The number of carbonyl (C=O) groups excluding carboxylic acids is 1. The van der Waals surface area contributed by atoms with Crippen molar-refractivity contribution in [2.45, 2.75) is 32.6 Å². The molecule has 170 valence electrons. The second kappa shape index (κ2) is 10.4. The van der Waals surface area contributed by atoms with E-state index in [2.05, 4.69) is 17.6 Å². The molecule has 2 aromatic rings. The number of benzene rings is 1. The van der Waals surface area contributed by atoms with Crippen LogP contribution in [0.3, 0.4) is 0 Å². The van der Waals surface area contributed by atoms with E-state index < -0.39 is 23.0 Å². The number of allylic oxidation sites excluding steroid dienone is 3. The van der Waals surface area contributed by atoms with Gasteiger partial charge in [0.05, 0.1) is 11.5 Å². The molecular formula is C27H27F2N3O. The zero-order valence-corrected chi connectivity index (χ0v) is 18.9. The Balaban J connectivity index is 1.84. The predicted octanol–water partition coefficient (Wildman–Crippen LogP) is 5.81. The smallest absolute Gasteiger partial charge is 0.254 e. The fourth-order valence-corrected chi connectivity index (χ4v) is 4.35. The lowest BCUT2D eigenvalue weighted by Gasteiger charge is -2.41. The molecule has 0 saturated carbocycles. The van der Waals surface area contributed by atoms with Gasteiger partial charge in [0, 0.05) is 43.0 Å². The number of carbonyl (C=O) groups is 1. The minimum atomic E-state index is -0.837. The van der Waals surface area contributed by atoms with Gasteiger partial charge in [-0.15, -0.1) is 0 Å². The molecule has 0 spiro atoms. The van der Waals surface area contributed by atoms with E-state index in [1.165, 1.54) is 12.1 Å². The Morgan fingerprint density at radius 2 is 1.91 bits per heavy atom. The third kappa shape index (κ3) is 5.09. The van der Waals surface area contributed by atoms with Crippen molar-refractivity contribution < 1.29 is 13.6 Å². The van der Waals surface area contributed by atoms with Gasteiger partial charge in [0.15, 0.2) is 0 Å². The lowest BCUT2D eigenvalue weighted by atomic mass is 9.68. The summed E-state index contributed by atoms with van der Waals surface area (Å²) >= 11 is 0. The zero-order chi connectivity index (χ0) is 24.0. The van der Waals surface area contributed by atoms with Crippen molar-refractivity contribution in [1.29, 1.82) is 5.26 Å². The first kappa shape index (κ1) is 24.1. The molecule has 0 bridgehead atoms.